The van der Waals surface area contributed by atoms with E-state index >= 15 is 0 Å². The maximum absolute atomic E-state index is 11.2. The van der Waals surface area contributed by atoms with Gasteiger partial charge in [0.15, 0.2) is 5.78 Å². The first-order valence-corrected chi connectivity index (χ1v) is 4.78. The fourth-order valence-corrected chi connectivity index (χ4v) is 2.30. The highest BCUT2D eigenvalue weighted by Crippen LogP contribution is 2.31. The Morgan fingerprint density at radius 2 is 2.15 bits per heavy atom. The summed E-state index contributed by atoms with van der Waals surface area (Å²) in [6.45, 7) is 1.53. The highest BCUT2D eigenvalue weighted by Gasteiger charge is 2.09. The summed E-state index contributed by atoms with van der Waals surface area (Å²) in [7, 11) is 0. The lowest BCUT2D eigenvalue weighted by atomic mass is 10.1. The first kappa shape index (κ1) is 8.26. The number of ketones is 1. The molecule has 2 nitrogen and oxygen atoms in total. The van der Waals surface area contributed by atoms with Crippen molar-refractivity contribution in [2.45, 2.75) is 6.92 Å². The molecule has 0 bridgehead atoms. The molecule has 0 saturated carbocycles. The van der Waals surface area contributed by atoms with Crippen molar-refractivity contribution in [2.75, 3.05) is 0 Å². The van der Waals surface area contributed by atoms with Crippen LogP contribution in [-0.2, 0) is 0 Å². The minimum atomic E-state index is 0.0347. The van der Waals surface area contributed by atoms with E-state index in [1.54, 1.807) is 12.1 Å². The Morgan fingerprint density at radius 1 is 1.38 bits per heavy atom. The van der Waals surface area contributed by atoms with Crippen LogP contribution in [0.3, 0.4) is 0 Å². The number of phenols is 1. The smallest absolute Gasteiger partial charge is 0.161 e. The summed E-state index contributed by atoms with van der Waals surface area (Å²) >= 11 is 1.48. The normalized spacial score (nSPS) is 10.5. The standard InChI is InChI=1S/C10H8O2S/c1-6(11)7-2-3-9(12)8-4-5-13-10(7)8/h2-5,12H,1H3. The number of thiophene rings is 1. The second kappa shape index (κ2) is 2.85. The van der Waals surface area contributed by atoms with Gasteiger partial charge in [-0.1, -0.05) is 0 Å². The summed E-state index contributed by atoms with van der Waals surface area (Å²) in [6, 6.07) is 5.05. The molecule has 0 fully saturated rings. The van der Waals surface area contributed by atoms with Gasteiger partial charge in [-0.2, -0.15) is 0 Å². The van der Waals surface area contributed by atoms with Gasteiger partial charge in [0.25, 0.3) is 0 Å². The van der Waals surface area contributed by atoms with Crippen LogP contribution in [0.25, 0.3) is 10.1 Å². The van der Waals surface area contributed by atoms with E-state index in [9.17, 15) is 9.90 Å². The van der Waals surface area contributed by atoms with Gasteiger partial charge in [-0.05, 0) is 30.5 Å². The highest BCUT2D eigenvalue weighted by molar-refractivity contribution is 7.17. The third kappa shape index (κ3) is 1.21. The van der Waals surface area contributed by atoms with Gasteiger partial charge in [0.1, 0.15) is 5.75 Å². The molecular weight excluding hydrogens is 184 g/mol. The summed E-state index contributed by atoms with van der Waals surface area (Å²) in [6.07, 6.45) is 0. The first-order valence-electron chi connectivity index (χ1n) is 3.90. The molecule has 1 aromatic carbocycles. The molecule has 66 valence electrons. The summed E-state index contributed by atoms with van der Waals surface area (Å²) in [5, 5.41) is 12.1. The van der Waals surface area contributed by atoms with E-state index in [-0.39, 0.29) is 11.5 Å². The molecule has 2 rings (SSSR count). The molecular formula is C10H8O2S. The molecule has 0 spiro atoms. The number of fused-ring (bicyclic) bond motifs is 1. The second-order valence-electron chi connectivity index (χ2n) is 2.85. The summed E-state index contributed by atoms with van der Waals surface area (Å²) in [4.78, 5) is 11.2. The third-order valence-electron chi connectivity index (χ3n) is 1.97. The van der Waals surface area contributed by atoms with Crippen LogP contribution in [-0.4, -0.2) is 10.9 Å². The van der Waals surface area contributed by atoms with Crippen LogP contribution >= 0.6 is 11.3 Å². The Morgan fingerprint density at radius 3 is 2.85 bits per heavy atom. The molecule has 1 N–H and O–H groups in total. The zero-order valence-electron chi connectivity index (χ0n) is 7.07. The van der Waals surface area contributed by atoms with Gasteiger partial charge in [0, 0.05) is 15.6 Å². The van der Waals surface area contributed by atoms with Crippen LogP contribution < -0.4 is 0 Å². The molecule has 1 heterocycles. The molecule has 3 heteroatoms. The molecule has 1 aromatic heterocycles. The zero-order chi connectivity index (χ0) is 9.42. The Balaban J connectivity index is 2.86. The lowest BCUT2D eigenvalue weighted by Gasteiger charge is -1.99. The van der Waals surface area contributed by atoms with Crippen LogP contribution in [0.15, 0.2) is 23.6 Å². The monoisotopic (exact) mass is 192 g/mol. The number of rotatable bonds is 1. The number of benzene rings is 1. The molecule has 0 aliphatic heterocycles. The van der Waals surface area contributed by atoms with Crippen LogP contribution in [0.2, 0.25) is 0 Å². The number of carbonyl (C=O) groups excluding carboxylic acids is 1. The van der Waals surface area contributed by atoms with Gasteiger partial charge in [-0.25, -0.2) is 0 Å². The average molecular weight is 192 g/mol. The van der Waals surface area contributed by atoms with Crippen LogP contribution in [0.4, 0.5) is 0 Å². The van der Waals surface area contributed by atoms with E-state index in [0.717, 1.165) is 10.1 Å². The summed E-state index contributed by atoms with van der Waals surface area (Å²) in [5.41, 5.74) is 0.683. The predicted octanol–water partition coefficient (Wildman–Crippen LogP) is 2.81. The first-order chi connectivity index (χ1) is 6.20. The fourth-order valence-electron chi connectivity index (χ4n) is 1.32. The van der Waals surface area contributed by atoms with E-state index < -0.39 is 0 Å². The van der Waals surface area contributed by atoms with Crippen molar-refractivity contribution in [1.29, 1.82) is 0 Å². The Bertz CT molecular complexity index is 471. The Kier molecular flexibility index (Phi) is 1.81. The number of hydrogen-bond acceptors (Lipinski definition) is 3. The minimum absolute atomic E-state index is 0.0347. The molecule has 2 aromatic rings. The van der Waals surface area contributed by atoms with E-state index in [1.165, 1.54) is 18.3 Å². The van der Waals surface area contributed by atoms with Gasteiger partial charge < -0.3 is 5.11 Å². The molecule has 0 unspecified atom stereocenters. The fraction of sp³-hybridized carbons (Fsp3) is 0.100. The minimum Gasteiger partial charge on any atom is -0.507 e. The van der Waals surface area contributed by atoms with Gasteiger partial charge in [-0.3, -0.25) is 4.79 Å². The van der Waals surface area contributed by atoms with Crippen molar-refractivity contribution < 1.29 is 9.90 Å². The van der Waals surface area contributed by atoms with E-state index in [2.05, 4.69) is 0 Å². The maximum atomic E-state index is 11.2. The SMILES string of the molecule is CC(=O)c1ccc(O)c2ccsc12. The van der Waals surface area contributed by atoms with Crippen molar-refractivity contribution in [2.24, 2.45) is 0 Å². The molecule has 0 radical (unpaired) electrons. The van der Waals surface area contributed by atoms with E-state index in [0.29, 0.717) is 5.56 Å². The summed E-state index contributed by atoms with van der Waals surface area (Å²) < 4.78 is 0.868. The van der Waals surface area contributed by atoms with Crippen molar-refractivity contribution in [3.8, 4) is 5.75 Å². The van der Waals surface area contributed by atoms with Crippen molar-refractivity contribution in [1.82, 2.24) is 0 Å². The van der Waals surface area contributed by atoms with Gasteiger partial charge in [0.05, 0.1) is 0 Å². The number of phenolic OH excluding ortho intramolecular Hbond substituents is 1. The molecule has 0 atom stereocenters. The van der Waals surface area contributed by atoms with Crippen LogP contribution in [0, 0.1) is 0 Å². The highest BCUT2D eigenvalue weighted by atomic mass is 32.1. The number of carbonyl (C=O) groups is 1. The van der Waals surface area contributed by atoms with Crippen molar-refractivity contribution in [3.05, 3.63) is 29.1 Å². The van der Waals surface area contributed by atoms with Crippen LogP contribution in [0.1, 0.15) is 17.3 Å². The Labute approximate surface area is 79.4 Å². The number of Topliss-reactive ketones (excluding diaryl/α,β-unsaturated/α-hetero) is 1. The van der Waals surface area contributed by atoms with Crippen molar-refractivity contribution in [3.63, 3.8) is 0 Å². The van der Waals surface area contributed by atoms with Gasteiger partial charge in [-0.15, -0.1) is 11.3 Å². The molecule has 0 amide bonds. The van der Waals surface area contributed by atoms with Crippen LogP contribution in [0.5, 0.6) is 5.75 Å². The average Bonchev–Trinajstić information content (AvgIpc) is 2.53. The predicted molar refractivity (Wildman–Crippen MR) is 53.5 cm³/mol. The van der Waals surface area contributed by atoms with Gasteiger partial charge in [0.2, 0.25) is 0 Å². The lowest BCUT2D eigenvalue weighted by Crippen LogP contribution is -1.90. The molecule has 0 saturated heterocycles. The topological polar surface area (TPSA) is 37.3 Å². The number of hydrogen-bond donors (Lipinski definition) is 1. The Hall–Kier alpha value is -1.35. The second-order valence-corrected chi connectivity index (χ2v) is 3.77. The molecule has 0 aliphatic rings. The van der Waals surface area contributed by atoms with Crippen molar-refractivity contribution >= 4 is 27.2 Å². The molecule has 13 heavy (non-hydrogen) atoms. The molecule has 0 aliphatic carbocycles. The zero-order valence-corrected chi connectivity index (χ0v) is 7.89. The lowest BCUT2D eigenvalue weighted by molar-refractivity contribution is 0.101. The van der Waals surface area contributed by atoms with E-state index in [4.69, 9.17) is 0 Å². The van der Waals surface area contributed by atoms with Gasteiger partial charge >= 0.3 is 0 Å². The summed E-state index contributed by atoms with van der Waals surface area (Å²) in [5.74, 6) is 0.272. The third-order valence-corrected chi connectivity index (χ3v) is 2.92. The quantitative estimate of drug-likeness (QED) is 0.705. The number of aromatic hydroxyl groups is 1. The largest absolute Gasteiger partial charge is 0.507 e. The maximum Gasteiger partial charge on any atom is 0.161 e. The van der Waals surface area contributed by atoms with E-state index in [1.807, 2.05) is 11.4 Å².